The van der Waals surface area contributed by atoms with Gasteiger partial charge in [0, 0.05) is 25.9 Å². The highest BCUT2D eigenvalue weighted by Crippen LogP contribution is 2.23. The van der Waals surface area contributed by atoms with E-state index in [0.29, 0.717) is 6.54 Å². The third-order valence-electron chi connectivity index (χ3n) is 2.53. The van der Waals surface area contributed by atoms with Crippen molar-refractivity contribution in [1.82, 2.24) is 4.57 Å². The van der Waals surface area contributed by atoms with E-state index in [1.165, 1.54) is 0 Å². The van der Waals surface area contributed by atoms with Gasteiger partial charge in [-0.1, -0.05) is 15.9 Å². The minimum atomic E-state index is -0.0163. The van der Waals surface area contributed by atoms with Crippen molar-refractivity contribution >= 4 is 38.5 Å². The molecule has 1 heterocycles. The van der Waals surface area contributed by atoms with Crippen LogP contribution in [0.1, 0.15) is 5.56 Å². The molecule has 18 heavy (non-hydrogen) atoms. The number of halogens is 2. The molecule has 0 aliphatic carbocycles. The summed E-state index contributed by atoms with van der Waals surface area (Å²) in [5, 5.41) is 0. The molecule has 0 radical (unpaired) electrons. The van der Waals surface area contributed by atoms with Crippen molar-refractivity contribution < 1.29 is 4.74 Å². The molecule has 2 rings (SSSR count). The summed E-state index contributed by atoms with van der Waals surface area (Å²) < 4.78 is 8.98. The lowest BCUT2D eigenvalue weighted by molar-refractivity contribution is 0.408. The molecule has 0 N–H and O–H groups in total. The number of hydrogen-bond donors (Lipinski definition) is 0. The molecule has 0 saturated carbocycles. The first-order valence-electron chi connectivity index (χ1n) is 5.28. The minimum Gasteiger partial charge on any atom is -0.496 e. The molecule has 0 amide bonds. The molecule has 5 heteroatoms. The van der Waals surface area contributed by atoms with Gasteiger partial charge in [-0.3, -0.25) is 4.79 Å². The zero-order chi connectivity index (χ0) is 13.1. The molecule has 0 atom stereocenters. The standard InChI is InChI=1S/C13H11BrINO2/c1-18-12-4-2-10(14)6-9(12)7-16-8-11(15)3-5-13(16)17/h2-6,8H,7H2,1H3. The van der Waals surface area contributed by atoms with E-state index < -0.39 is 0 Å². The van der Waals surface area contributed by atoms with Gasteiger partial charge in [0.25, 0.3) is 5.56 Å². The maximum atomic E-state index is 11.8. The molecule has 0 spiro atoms. The van der Waals surface area contributed by atoms with E-state index in [0.717, 1.165) is 19.4 Å². The molecular formula is C13H11BrINO2. The molecule has 0 unspecified atom stereocenters. The van der Waals surface area contributed by atoms with Gasteiger partial charge < -0.3 is 9.30 Å². The molecule has 0 aliphatic heterocycles. The Kier molecular flexibility index (Phi) is 4.45. The van der Waals surface area contributed by atoms with Crippen LogP contribution >= 0.6 is 38.5 Å². The largest absolute Gasteiger partial charge is 0.496 e. The first kappa shape index (κ1) is 13.6. The Morgan fingerprint density at radius 1 is 1.33 bits per heavy atom. The van der Waals surface area contributed by atoms with E-state index in [1.54, 1.807) is 23.8 Å². The fourth-order valence-electron chi connectivity index (χ4n) is 1.68. The lowest BCUT2D eigenvalue weighted by Crippen LogP contribution is -2.19. The number of benzene rings is 1. The second-order valence-corrected chi connectivity index (χ2v) is 5.93. The van der Waals surface area contributed by atoms with Crippen LogP contribution in [0.5, 0.6) is 5.75 Å². The summed E-state index contributed by atoms with van der Waals surface area (Å²) in [6.45, 7) is 0.498. The van der Waals surface area contributed by atoms with Gasteiger partial charge in [-0.25, -0.2) is 0 Å². The van der Waals surface area contributed by atoms with Crippen molar-refractivity contribution in [2.45, 2.75) is 6.54 Å². The highest BCUT2D eigenvalue weighted by Gasteiger charge is 2.06. The van der Waals surface area contributed by atoms with Gasteiger partial charge >= 0.3 is 0 Å². The van der Waals surface area contributed by atoms with Gasteiger partial charge in [-0.05, 0) is 46.9 Å². The van der Waals surface area contributed by atoms with Crippen molar-refractivity contribution in [3.63, 3.8) is 0 Å². The third kappa shape index (κ3) is 3.14. The molecule has 94 valence electrons. The minimum absolute atomic E-state index is 0.0163. The summed E-state index contributed by atoms with van der Waals surface area (Å²) in [7, 11) is 1.63. The summed E-state index contributed by atoms with van der Waals surface area (Å²) in [6, 6.07) is 9.15. The Balaban J connectivity index is 2.42. The number of aromatic nitrogens is 1. The van der Waals surface area contributed by atoms with Crippen LogP contribution in [0.15, 0.2) is 45.8 Å². The number of nitrogens with zero attached hydrogens (tertiary/aromatic N) is 1. The molecule has 0 saturated heterocycles. The molecular weight excluding hydrogens is 409 g/mol. The van der Waals surface area contributed by atoms with Gasteiger partial charge in [-0.15, -0.1) is 0 Å². The van der Waals surface area contributed by atoms with Crippen LogP contribution in [0.25, 0.3) is 0 Å². The maximum Gasteiger partial charge on any atom is 0.250 e. The van der Waals surface area contributed by atoms with Crippen molar-refractivity contribution in [3.05, 3.63) is 60.5 Å². The Labute approximate surface area is 127 Å². The van der Waals surface area contributed by atoms with E-state index in [-0.39, 0.29) is 5.56 Å². The third-order valence-corrected chi connectivity index (χ3v) is 3.66. The van der Waals surface area contributed by atoms with Crippen LogP contribution in [0.2, 0.25) is 0 Å². The molecule has 0 bridgehead atoms. The highest BCUT2D eigenvalue weighted by atomic mass is 127. The average molecular weight is 420 g/mol. The van der Waals surface area contributed by atoms with E-state index in [9.17, 15) is 4.79 Å². The van der Waals surface area contributed by atoms with Crippen LogP contribution < -0.4 is 10.3 Å². The number of hydrogen-bond acceptors (Lipinski definition) is 2. The van der Waals surface area contributed by atoms with E-state index in [1.807, 2.05) is 24.4 Å². The maximum absolute atomic E-state index is 11.8. The smallest absolute Gasteiger partial charge is 0.250 e. The van der Waals surface area contributed by atoms with Crippen LogP contribution in [0.4, 0.5) is 0 Å². The van der Waals surface area contributed by atoms with Crippen molar-refractivity contribution in [2.24, 2.45) is 0 Å². The van der Waals surface area contributed by atoms with E-state index in [2.05, 4.69) is 38.5 Å². The summed E-state index contributed by atoms with van der Waals surface area (Å²) in [5.74, 6) is 0.781. The van der Waals surface area contributed by atoms with Gasteiger partial charge in [0.15, 0.2) is 0 Å². The van der Waals surface area contributed by atoms with E-state index in [4.69, 9.17) is 4.74 Å². The Morgan fingerprint density at radius 3 is 2.83 bits per heavy atom. The predicted octanol–water partition coefficient (Wildman–Crippen LogP) is 3.27. The number of ether oxygens (including phenoxy) is 1. The summed E-state index contributed by atoms with van der Waals surface area (Å²) in [5.41, 5.74) is 0.952. The lowest BCUT2D eigenvalue weighted by atomic mass is 10.2. The SMILES string of the molecule is COc1ccc(Br)cc1Cn1cc(I)ccc1=O. The molecule has 2 aromatic rings. The lowest BCUT2D eigenvalue weighted by Gasteiger charge is -2.11. The van der Waals surface area contributed by atoms with Crippen molar-refractivity contribution in [3.8, 4) is 5.75 Å². The number of pyridine rings is 1. The zero-order valence-electron chi connectivity index (χ0n) is 9.69. The van der Waals surface area contributed by atoms with Crippen molar-refractivity contribution in [1.29, 1.82) is 0 Å². The Bertz CT molecular complexity index is 625. The van der Waals surface area contributed by atoms with Gasteiger partial charge in [0.1, 0.15) is 5.75 Å². The highest BCUT2D eigenvalue weighted by molar-refractivity contribution is 14.1. The summed E-state index contributed by atoms with van der Waals surface area (Å²) >= 11 is 5.62. The van der Waals surface area contributed by atoms with Gasteiger partial charge in [0.2, 0.25) is 0 Å². The van der Waals surface area contributed by atoms with Gasteiger partial charge in [0.05, 0.1) is 13.7 Å². The number of methoxy groups -OCH3 is 1. The molecule has 0 fully saturated rings. The van der Waals surface area contributed by atoms with Gasteiger partial charge in [-0.2, -0.15) is 0 Å². The molecule has 0 aliphatic rings. The van der Waals surface area contributed by atoms with Crippen LogP contribution in [-0.2, 0) is 6.54 Å². The normalized spacial score (nSPS) is 10.4. The van der Waals surface area contributed by atoms with Crippen molar-refractivity contribution in [2.75, 3.05) is 7.11 Å². The fraction of sp³-hybridized carbons (Fsp3) is 0.154. The quantitative estimate of drug-likeness (QED) is 0.715. The fourth-order valence-corrected chi connectivity index (χ4v) is 2.60. The monoisotopic (exact) mass is 419 g/mol. The second kappa shape index (κ2) is 5.88. The average Bonchev–Trinajstić information content (AvgIpc) is 2.34. The van der Waals surface area contributed by atoms with E-state index >= 15 is 0 Å². The first-order chi connectivity index (χ1) is 8.60. The van der Waals surface area contributed by atoms with Crippen LogP contribution in [0, 0.1) is 3.57 Å². The number of rotatable bonds is 3. The molecule has 1 aromatic carbocycles. The van der Waals surface area contributed by atoms with Crippen LogP contribution in [0.3, 0.4) is 0 Å². The topological polar surface area (TPSA) is 31.2 Å². The molecule has 3 nitrogen and oxygen atoms in total. The molecule has 1 aromatic heterocycles. The Morgan fingerprint density at radius 2 is 2.11 bits per heavy atom. The Hall–Kier alpha value is -0.820. The summed E-state index contributed by atoms with van der Waals surface area (Å²) in [6.07, 6.45) is 1.84. The predicted molar refractivity (Wildman–Crippen MR) is 83.2 cm³/mol. The van der Waals surface area contributed by atoms with Crippen LogP contribution in [-0.4, -0.2) is 11.7 Å². The second-order valence-electron chi connectivity index (χ2n) is 3.77. The zero-order valence-corrected chi connectivity index (χ0v) is 13.4. The summed E-state index contributed by atoms with van der Waals surface area (Å²) in [4.78, 5) is 11.8. The first-order valence-corrected chi connectivity index (χ1v) is 7.16.